The number of halogens is 3. The number of likely N-dealkylation sites (N-methyl/N-ethyl adjacent to an activating group) is 1. The molecule has 2 N–H and O–H groups in total. The molecule has 4 nitrogen and oxygen atoms in total. The molecule has 1 aromatic rings. The van der Waals surface area contributed by atoms with Gasteiger partial charge in [0.25, 0.3) is 0 Å². The van der Waals surface area contributed by atoms with Crippen molar-refractivity contribution in [3.63, 3.8) is 0 Å². The number of amides is 1. The molecule has 0 saturated heterocycles. The zero-order chi connectivity index (χ0) is 17.6. The Morgan fingerprint density at radius 2 is 1.83 bits per heavy atom. The van der Waals surface area contributed by atoms with E-state index in [2.05, 4.69) is 10.6 Å². The summed E-state index contributed by atoms with van der Waals surface area (Å²) in [5, 5.41) is 6.07. The van der Waals surface area contributed by atoms with Gasteiger partial charge in [-0.05, 0) is 30.3 Å². The van der Waals surface area contributed by atoms with E-state index >= 15 is 0 Å². The van der Waals surface area contributed by atoms with Gasteiger partial charge in [-0.25, -0.2) is 0 Å². The molecule has 0 heterocycles. The average Bonchev–Trinajstić information content (AvgIpc) is 2.46. The number of carbonyl (C=O) groups excluding carboxylic acids is 1. The molecule has 8 heteroatoms. The number of rotatable bonds is 5. The van der Waals surface area contributed by atoms with Crippen LogP contribution in [0.5, 0.6) is 0 Å². The standard InChI is InChI=1S/C15H20F3N3OS/c1-10(2)12(21(3)13(22)15(16,17)18)9-19-14(23)20-11-7-5-4-6-8-11/h4-8,10,12H,9H2,1-3H3,(H2,19,20,23)/t12-/m1/s1. The summed E-state index contributed by atoms with van der Waals surface area (Å²) >= 11 is 5.12. The van der Waals surface area contributed by atoms with Crippen molar-refractivity contribution in [1.82, 2.24) is 10.2 Å². The third-order valence-electron chi connectivity index (χ3n) is 3.33. The Morgan fingerprint density at radius 3 is 2.30 bits per heavy atom. The fourth-order valence-electron chi connectivity index (χ4n) is 2.06. The molecule has 0 aromatic heterocycles. The van der Waals surface area contributed by atoms with Crippen LogP contribution in [-0.4, -0.2) is 41.7 Å². The second-order valence-electron chi connectivity index (χ2n) is 5.43. The number of thiocarbonyl (C=S) groups is 1. The third-order valence-corrected chi connectivity index (χ3v) is 3.58. The summed E-state index contributed by atoms with van der Waals surface area (Å²) in [4.78, 5) is 12.1. The largest absolute Gasteiger partial charge is 0.471 e. The zero-order valence-electron chi connectivity index (χ0n) is 13.1. The maximum atomic E-state index is 12.6. The minimum atomic E-state index is -4.88. The van der Waals surface area contributed by atoms with Crippen LogP contribution in [0.4, 0.5) is 18.9 Å². The van der Waals surface area contributed by atoms with Crippen molar-refractivity contribution in [1.29, 1.82) is 0 Å². The molecule has 0 radical (unpaired) electrons. The van der Waals surface area contributed by atoms with Gasteiger partial charge < -0.3 is 15.5 Å². The van der Waals surface area contributed by atoms with Crippen LogP contribution in [-0.2, 0) is 4.79 Å². The number of nitrogens with one attached hydrogen (secondary N) is 2. The van der Waals surface area contributed by atoms with Gasteiger partial charge >= 0.3 is 12.1 Å². The highest BCUT2D eigenvalue weighted by molar-refractivity contribution is 7.80. The molecule has 1 aromatic carbocycles. The fraction of sp³-hybridized carbons (Fsp3) is 0.467. The summed E-state index contributed by atoms with van der Waals surface area (Å²) in [5.74, 6) is -2.03. The summed E-state index contributed by atoms with van der Waals surface area (Å²) in [7, 11) is 1.15. The highest BCUT2D eigenvalue weighted by atomic mass is 32.1. The minimum absolute atomic E-state index is 0.120. The van der Waals surface area contributed by atoms with Crippen LogP contribution >= 0.6 is 12.2 Å². The first-order valence-electron chi connectivity index (χ1n) is 7.06. The lowest BCUT2D eigenvalue weighted by molar-refractivity contribution is -0.186. The topological polar surface area (TPSA) is 44.4 Å². The molecule has 23 heavy (non-hydrogen) atoms. The summed E-state index contributed by atoms with van der Waals surface area (Å²) < 4.78 is 37.7. The molecular weight excluding hydrogens is 327 g/mol. The number of hydrogen-bond donors (Lipinski definition) is 2. The highest BCUT2D eigenvalue weighted by Gasteiger charge is 2.43. The molecule has 0 saturated carbocycles. The van der Waals surface area contributed by atoms with Gasteiger partial charge in [0.1, 0.15) is 0 Å². The van der Waals surface area contributed by atoms with Gasteiger partial charge in [-0.2, -0.15) is 13.2 Å². The van der Waals surface area contributed by atoms with Crippen molar-refractivity contribution in [2.75, 3.05) is 18.9 Å². The molecule has 0 aliphatic rings. The van der Waals surface area contributed by atoms with Crippen molar-refractivity contribution < 1.29 is 18.0 Å². The van der Waals surface area contributed by atoms with E-state index in [1.54, 1.807) is 13.8 Å². The molecule has 1 atom stereocenters. The number of hydrogen-bond acceptors (Lipinski definition) is 2. The lowest BCUT2D eigenvalue weighted by Gasteiger charge is -2.32. The van der Waals surface area contributed by atoms with Crippen molar-refractivity contribution in [2.24, 2.45) is 5.92 Å². The van der Waals surface area contributed by atoms with Crippen LogP contribution in [0.25, 0.3) is 0 Å². The molecule has 0 aliphatic carbocycles. The van der Waals surface area contributed by atoms with E-state index in [4.69, 9.17) is 12.2 Å². The van der Waals surface area contributed by atoms with Crippen LogP contribution in [0, 0.1) is 5.92 Å². The van der Waals surface area contributed by atoms with Gasteiger partial charge in [0.15, 0.2) is 5.11 Å². The minimum Gasteiger partial charge on any atom is -0.360 e. The van der Waals surface area contributed by atoms with E-state index in [9.17, 15) is 18.0 Å². The van der Waals surface area contributed by atoms with Gasteiger partial charge in [0.05, 0.1) is 6.04 Å². The second kappa shape index (κ2) is 8.14. The monoisotopic (exact) mass is 347 g/mol. The maximum absolute atomic E-state index is 12.6. The van der Waals surface area contributed by atoms with E-state index in [0.717, 1.165) is 12.7 Å². The van der Waals surface area contributed by atoms with Crippen LogP contribution in [0.1, 0.15) is 13.8 Å². The number of benzene rings is 1. The van der Waals surface area contributed by atoms with E-state index in [-0.39, 0.29) is 17.6 Å². The Hall–Kier alpha value is -1.83. The Morgan fingerprint density at radius 1 is 1.26 bits per heavy atom. The summed E-state index contributed by atoms with van der Waals surface area (Å²) in [6.45, 7) is 3.62. The first-order valence-corrected chi connectivity index (χ1v) is 7.47. The zero-order valence-corrected chi connectivity index (χ0v) is 14.0. The second-order valence-corrected chi connectivity index (χ2v) is 5.83. The highest BCUT2D eigenvalue weighted by Crippen LogP contribution is 2.21. The lowest BCUT2D eigenvalue weighted by atomic mass is 10.0. The van der Waals surface area contributed by atoms with Crippen molar-refractivity contribution in [2.45, 2.75) is 26.1 Å². The molecule has 0 aliphatic heterocycles. The van der Waals surface area contributed by atoms with Crippen molar-refractivity contribution >= 4 is 28.9 Å². The normalized spacial score (nSPS) is 12.7. The molecule has 128 valence electrons. The van der Waals surface area contributed by atoms with Crippen molar-refractivity contribution in [3.05, 3.63) is 30.3 Å². The van der Waals surface area contributed by atoms with E-state index in [0.29, 0.717) is 4.90 Å². The van der Waals surface area contributed by atoms with Crippen molar-refractivity contribution in [3.8, 4) is 0 Å². The predicted molar refractivity (Wildman–Crippen MR) is 88.1 cm³/mol. The first-order chi connectivity index (χ1) is 10.6. The maximum Gasteiger partial charge on any atom is 0.471 e. The Bertz CT molecular complexity index is 535. The van der Waals surface area contributed by atoms with Crippen LogP contribution < -0.4 is 10.6 Å². The summed E-state index contributed by atoms with van der Waals surface area (Å²) in [6.07, 6.45) is -4.88. The fourth-order valence-corrected chi connectivity index (χ4v) is 2.27. The van der Waals surface area contributed by atoms with Gasteiger partial charge in [-0.1, -0.05) is 32.0 Å². The van der Waals surface area contributed by atoms with Crippen LogP contribution in [0.2, 0.25) is 0 Å². The molecule has 1 amide bonds. The SMILES string of the molecule is CC(C)[C@@H](CNC(=S)Nc1ccccc1)N(C)C(=O)C(F)(F)F. The Labute approximate surface area is 139 Å². The average molecular weight is 347 g/mol. The van der Waals surface area contributed by atoms with Gasteiger partial charge in [0.2, 0.25) is 0 Å². The number of carbonyl (C=O) groups is 1. The number of alkyl halides is 3. The van der Waals surface area contributed by atoms with Gasteiger partial charge in [-0.15, -0.1) is 0 Å². The molecule has 0 bridgehead atoms. The third kappa shape index (κ3) is 6.05. The Balaban J connectivity index is 2.63. The van der Waals surface area contributed by atoms with E-state index in [1.807, 2.05) is 30.3 Å². The predicted octanol–water partition coefficient (Wildman–Crippen LogP) is 3.02. The lowest BCUT2D eigenvalue weighted by Crippen LogP contribution is -2.51. The van der Waals surface area contributed by atoms with Gasteiger partial charge in [0, 0.05) is 19.3 Å². The molecule has 0 unspecified atom stereocenters. The number of nitrogens with zero attached hydrogens (tertiary/aromatic N) is 1. The first kappa shape index (κ1) is 19.2. The smallest absolute Gasteiger partial charge is 0.360 e. The number of para-hydroxylation sites is 1. The van der Waals surface area contributed by atoms with Crippen LogP contribution in [0.15, 0.2) is 30.3 Å². The van der Waals surface area contributed by atoms with Gasteiger partial charge in [-0.3, -0.25) is 4.79 Å². The van der Waals surface area contributed by atoms with E-state index < -0.39 is 18.1 Å². The Kier molecular flexibility index (Phi) is 6.80. The van der Waals surface area contributed by atoms with Crippen LogP contribution in [0.3, 0.4) is 0 Å². The molecular formula is C15H20F3N3OS. The molecule has 0 fully saturated rings. The molecule has 0 spiro atoms. The number of anilines is 1. The molecule has 1 rings (SSSR count). The summed E-state index contributed by atoms with van der Waals surface area (Å²) in [5.41, 5.74) is 0.769. The van der Waals surface area contributed by atoms with E-state index in [1.165, 1.54) is 0 Å². The quantitative estimate of drug-likeness (QED) is 0.804. The summed E-state index contributed by atoms with van der Waals surface area (Å²) in [6, 6.07) is 8.50.